The number of nitrogens with one attached hydrogen (secondary N) is 2. The number of ether oxygens (including phenoxy) is 1. The van der Waals surface area contributed by atoms with Gasteiger partial charge in [0.15, 0.2) is 0 Å². The lowest BCUT2D eigenvalue weighted by molar-refractivity contribution is -0.145. The van der Waals surface area contributed by atoms with Crippen molar-refractivity contribution in [2.45, 2.75) is 51.3 Å². The third-order valence-electron chi connectivity index (χ3n) is 5.85. The lowest BCUT2D eigenvalue weighted by atomic mass is 9.94. The second kappa shape index (κ2) is 11.9. The highest BCUT2D eigenvalue weighted by molar-refractivity contribution is 7.87. The van der Waals surface area contributed by atoms with Gasteiger partial charge < -0.3 is 10.1 Å². The van der Waals surface area contributed by atoms with Gasteiger partial charge in [-0.2, -0.15) is 17.4 Å². The highest BCUT2D eigenvalue weighted by Gasteiger charge is 2.29. The zero-order valence-corrected chi connectivity index (χ0v) is 20.5. The number of rotatable bonds is 12. The molecular weight excluding hydrogens is 462 g/mol. The monoisotopic (exact) mass is 493 g/mol. The Hall–Kier alpha value is -1.97. The van der Waals surface area contributed by atoms with E-state index in [4.69, 9.17) is 16.3 Å². The smallest absolute Gasteiger partial charge is 0.321 e. The van der Waals surface area contributed by atoms with Gasteiger partial charge in [-0.25, -0.2) is 0 Å². The zero-order chi connectivity index (χ0) is 23.7. The van der Waals surface area contributed by atoms with Crippen LogP contribution in [0.3, 0.4) is 0 Å². The minimum absolute atomic E-state index is 0.0139. The van der Waals surface area contributed by atoms with Crippen LogP contribution in [-0.4, -0.2) is 43.9 Å². The van der Waals surface area contributed by atoms with Crippen molar-refractivity contribution in [1.82, 2.24) is 14.3 Å². The first-order valence-corrected chi connectivity index (χ1v) is 13.0. The molecule has 2 aromatic rings. The Bertz CT molecular complexity index is 994. The van der Waals surface area contributed by atoms with Gasteiger partial charge in [-0.3, -0.25) is 4.79 Å². The summed E-state index contributed by atoms with van der Waals surface area (Å²) < 4.78 is 35.2. The molecule has 1 heterocycles. The Kier molecular flexibility index (Phi) is 9.28. The molecule has 0 amide bonds. The average Bonchev–Trinajstić information content (AvgIpc) is 3.24. The van der Waals surface area contributed by atoms with Gasteiger partial charge in [-0.1, -0.05) is 54.1 Å². The summed E-state index contributed by atoms with van der Waals surface area (Å²) in [7, 11) is -3.90. The molecule has 33 heavy (non-hydrogen) atoms. The third kappa shape index (κ3) is 8.39. The average molecular weight is 494 g/mol. The maximum absolute atomic E-state index is 13.1. The van der Waals surface area contributed by atoms with E-state index in [-0.39, 0.29) is 31.8 Å². The quantitative estimate of drug-likeness (QED) is 0.441. The maximum Gasteiger partial charge on any atom is 0.321 e. The fourth-order valence-electron chi connectivity index (χ4n) is 3.90. The molecule has 0 aromatic heterocycles. The molecule has 1 fully saturated rings. The Morgan fingerprint density at radius 2 is 1.88 bits per heavy atom. The summed E-state index contributed by atoms with van der Waals surface area (Å²) >= 11 is 5.90. The van der Waals surface area contributed by atoms with Gasteiger partial charge in [0, 0.05) is 23.7 Å². The van der Waals surface area contributed by atoms with E-state index >= 15 is 0 Å². The number of benzene rings is 2. The Morgan fingerprint density at radius 3 is 2.55 bits per heavy atom. The maximum atomic E-state index is 13.1. The van der Waals surface area contributed by atoms with Gasteiger partial charge in [0.2, 0.25) is 0 Å². The largest absolute Gasteiger partial charge is 0.460 e. The van der Waals surface area contributed by atoms with E-state index in [1.54, 1.807) is 24.3 Å². The number of carbonyl (C=O) groups is 1. The van der Waals surface area contributed by atoms with Crippen LogP contribution in [0.25, 0.3) is 0 Å². The number of halogens is 1. The molecule has 180 valence electrons. The van der Waals surface area contributed by atoms with Crippen LogP contribution in [0.2, 0.25) is 5.02 Å². The first-order chi connectivity index (χ1) is 15.8. The van der Waals surface area contributed by atoms with E-state index < -0.39 is 16.2 Å². The topological polar surface area (TPSA) is 87.7 Å². The molecule has 1 saturated heterocycles. The highest BCUT2D eigenvalue weighted by atomic mass is 35.5. The fourth-order valence-corrected chi connectivity index (χ4v) is 5.20. The normalized spacial score (nSPS) is 18.5. The molecule has 1 atom stereocenters. The van der Waals surface area contributed by atoms with Gasteiger partial charge in [-0.15, -0.1) is 0 Å². The molecule has 1 aliphatic rings. The van der Waals surface area contributed by atoms with Gasteiger partial charge in [0.05, 0.1) is 0 Å². The molecule has 0 aliphatic carbocycles. The minimum Gasteiger partial charge on any atom is -0.460 e. The minimum atomic E-state index is -3.90. The molecule has 0 unspecified atom stereocenters. The van der Waals surface area contributed by atoms with Crippen molar-refractivity contribution in [1.29, 1.82) is 0 Å². The van der Waals surface area contributed by atoms with Crippen LogP contribution in [0.4, 0.5) is 0 Å². The van der Waals surface area contributed by atoms with Crippen molar-refractivity contribution >= 4 is 27.8 Å². The van der Waals surface area contributed by atoms with Crippen molar-refractivity contribution in [3.63, 3.8) is 0 Å². The first kappa shape index (κ1) is 25.6. The predicted molar refractivity (Wildman–Crippen MR) is 130 cm³/mol. The van der Waals surface area contributed by atoms with E-state index in [1.807, 2.05) is 30.3 Å². The molecule has 9 heteroatoms. The molecule has 0 bridgehead atoms. The molecule has 2 N–H and O–H groups in total. The zero-order valence-electron chi connectivity index (χ0n) is 18.9. The fraction of sp³-hybridized carbons (Fsp3) is 0.458. The lowest BCUT2D eigenvalue weighted by Gasteiger charge is -2.27. The molecule has 2 aromatic carbocycles. The van der Waals surface area contributed by atoms with Crippen molar-refractivity contribution < 1.29 is 17.9 Å². The van der Waals surface area contributed by atoms with Crippen LogP contribution < -0.4 is 10.0 Å². The lowest BCUT2D eigenvalue weighted by Crippen LogP contribution is -2.45. The van der Waals surface area contributed by atoms with E-state index in [9.17, 15) is 13.2 Å². The van der Waals surface area contributed by atoms with Crippen molar-refractivity contribution in [2.75, 3.05) is 19.6 Å². The SMILES string of the molecule is C[C@@]1(CCCN(CC(=O)OCc2ccccc2)S(=O)(=O)NCc2ccc(Cl)cc2)CCCN1. The molecule has 3 rings (SSSR count). The number of hydrogen-bond donors (Lipinski definition) is 2. The summed E-state index contributed by atoms with van der Waals surface area (Å²) in [5, 5.41) is 4.07. The predicted octanol–water partition coefficient (Wildman–Crippen LogP) is 3.64. The molecular formula is C24H32ClN3O4S. The van der Waals surface area contributed by atoms with Gasteiger partial charge >= 0.3 is 5.97 Å². The van der Waals surface area contributed by atoms with E-state index in [2.05, 4.69) is 17.0 Å². The van der Waals surface area contributed by atoms with Crippen LogP contribution in [0.1, 0.15) is 43.7 Å². The number of nitrogens with zero attached hydrogens (tertiary/aromatic N) is 1. The summed E-state index contributed by atoms with van der Waals surface area (Å²) in [6.07, 6.45) is 3.65. The summed E-state index contributed by atoms with van der Waals surface area (Å²) in [5.41, 5.74) is 1.64. The van der Waals surface area contributed by atoms with E-state index in [0.29, 0.717) is 11.4 Å². The highest BCUT2D eigenvalue weighted by Crippen LogP contribution is 2.24. The number of carbonyl (C=O) groups excluding carboxylic acids is 1. The Morgan fingerprint density at radius 1 is 1.15 bits per heavy atom. The number of esters is 1. The summed E-state index contributed by atoms with van der Waals surface area (Å²) in [6.45, 7) is 3.24. The van der Waals surface area contributed by atoms with Gasteiger partial charge in [0.1, 0.15) is 13.2 Å². The van der Waals surface area contributed by atoms with E-state index in [1.165, 1.54) is 4.31 Å². The Balaban J connectivity index is 1.60. The van der Waals surface area contributed by atoms with Crippen LogP contribution in [0, 0.1) is 0 Å². The van der Waals surface area contributed by atoms with Crippen molar-refractivity contribution in [3.05, 3.63) is 70.7 Å². The summed E-state index contributed by atoms with van der Waals surface area (Å²) in [5.74, 6) is -0.582. The summed E-state index contributed by atoms with van der Waals surface area (Å²) in [6, 6.07) is 16.2. The summed E-state index contributed by atoms with van der Waals surface area (Å²) in [4.78, 5) is 12.5. The molecule has 1 aliphatic heterocycles. The van der Waals surface area contributed by atoms with Crippen molar-refractivity contribution in [2.24, 2.45) is 0 Å². The molecule has 0 saturated carbocycles. The first-order valence-electron chi connectivity index (χ1n) is 11.2. The van der Waals surface area contributed by atoms with Gasteiger partial charge in [-0.05, 0) is 62.4 Å². The van der Waals surface area contributed by atoms with Crippen LogP contribution in [-0.2, 0) is 32.9 Å². The Labute approximate surface area is 201 Å². The van der Waals surface area contributed by atoms with Gasteiger partial charge in [0.25, 0.3) is 10.2 Å². The number of hydrogen-bond acceptors (Lipinski definition) is 5. The van der Waals surface area contributed by atoms with Crippen LogP contribution in [0.5, 0.6) is 0 Å². The second-order valence-electron chi connectivity index (χ2n) is 8.63. The molecule has 0 spiro atoms. The molecule has 7 nitrogen and oxygen atoms in total. The second-order valence-corrected chi connectivity index (χ2v) is 10.8. The van der Waals surface area contributed by atoms with Crippen molar-refractivity contribution in [3.8, 4) is 0 Å². The van der Waals surface area contributed by atoms with Crippen LogP contribution in [0.15, 0.2) is 54.6 Å². The third-order valence-corrected chi connectivity index (χ3v) is 7.61. The van der Waals surface area contributed by atoms with Crippen LogP contribution >= 0.6 is 11.6 Å². The van der Waals surface area contributed by atoms with E-state index in [0.717, 1.165) is 36.9 Å². The standard InChI is InChI=1S/C24H32ClN3O4S/c1-24(13-5-15-26-24)14-6-16-28(18-23(29)32-19-21-7-3-2-4-8-21)33(30,31)27-17-20-9-11-22(25)12-10-20/h2-4,7-12,26-27H,5-6,13-19H2,1H3/t24-/m0/s1. The molecule has 0 radical (unpaired) electrons.